The molecule has 3 atom stereocenters. The summed E-state index contributed by atoms with van der Waals surface area (Å²) in [5.41, 5.74) is 6.75. The molecule has 1 aromatic rings. The number of aromatic amines is 1. The second kappa shape index (κ2) is 10.7. The van der Waals surface area contributed by atoms with Gasteiger partial charge in [-0.2, -0.15) is 0 Å². The number of nitrogens with zero attached hydrogens (tertiary/aromatic N) is 1. The number of ether oxygens (including phenoxy) is 1. The summed E-state index contributed by atoms with van der Waals surface area (Å²) in [6.45, 7) is 11.6. The van der Waals surface area contributed by atoms with Gasteiger partial charge in [-0.3, -0.25) is 4.79 Å². The van der Waals surface area contributed by atoms with Gasteiger partial charge in [0.2, 0.25) is 0 Å². The normalized spacial score (nSPS) is 27.2. The van der Waals surface area contributed by atoms with Crippen molar-refractivity contribution in [3.63, 3.8) is 0 Å². The van der Waals surface area contributed by atoms with Gasteiger partial charge in [0.15, 0.2) is 5.76 Å². The molecular formula is C31H42FN5O3. The van der Waals surface area contributed by atoms with E-state index in [1.54, 1.807) is 0 Å². The molecule has 3 aliphatic heterocycles. The van der Waals surface area contributed by atoms with Crippen LogP contribution in [0.25, 0.3) is 0 Å². The average molecular weight is 552 g/mol. The summed E-state index contributed by atoms with van der Waals surface area (Å²) in [6.07, 6.45) is 12.3. The molecule has 4 aliphatic rings. The number of hydrogen-bond donors (Lipinski definition) is 5. The number of aromatic nitrogens is 1. The molecule has 0 radical (unpaired) electrons. The van der Waals surface area contributed by atoms with Gasteiger partial charge in [-0.25, -0.2) is 4.39 Å². The van der Waals surface area contributed by atoms with E-state index in [-0.39, 0.29) is 24.1 Å². The van der Waals surface area contributed by atoms with Crippen LogP contribution in [0.3, 0.4) is 0 Å². The fourth-order valence-corrected chi connectivity index (χ4v) is 6.92. The van der Waals surface area contributed by atoms with Crippen LogP contribution in [0, 0.1) is 18.8 Å². The lowest BCUT2D eigenvalue weighted by Crippen LogP contribution is -2.59. The Morgan fingerprint density at radius 3 is 2.60 bits per heavy atom. The molecule has 9 heteroatoms. The Balaban J connectivity index is 0.00000181. The second-order valence-electron chi connectivity index (χ2n) is 11.3. The van der Waals surface area contributed by atoms with E-state index in [4.69, 9.17) is 4.74 Å². The molecule has 1 amide bonds. The van der Waals surface area contributed by atoms with Crippen LogP contribution in [-0.2, 0) is 16.6 Å². The Bertz CT molecular complexity index is 1370. The van der Waals surface area contributed by atoms with E-state index in [1.165, 1.54) is 18.3 Å². The molecule has 3 unspecified atom stereocenters. The number of aliphatic hydroxyl groups excluding tert-OH is 1. The van der Waals surface area contributed by atoms with Gasteiger partial charge in [0, 0.05) is 62.0 Å². The van der Waals surface area contributed by atoms with Crippen molar-refractivity contribution in [2.24, 2.45) is 5.92 Å². The number of carbonyl (C=O) groups excluding carboxylic acids is 1. The first-order valence-corrected chi connectivity index (χ1v) is 13.8. The number of amides is 1. The van der Waals surface area contributed by atoms with Crippen molar-refractivity contribution < 1.29 is 19.0 Å². The molecule has 40 heavy (non-hydrogen) atoms. The number of hydrogen-bond acceptors (Lipinski definition) is 6. The average Bonchev–Trinajstić information content (AvgIpc) is 3.30. The molecule has 0 saturated carbocycles. The van der Waals surface area contributed by atoms with Gasteiger partial charge >= 0.3 is 0 Å². The van der Waals surface area contributed by atoms with Crippen LogP contribution in [0.1, 0.15) is 69.2 Å². The maximum Gasteiger partial charge on any atom is 0.255 e. The molecule has 0 spiro atoms. The first-order valence-electron chi connectivity index (χ1n) is 13.8. The summed E-state index contributed by atoms with van der Waals surface area (Å²) in [5.74, 6) is -0.675. The standard InChI is InChI=1S/C29H40FN5O3.C2H2/c1-15(16(2)10-13-36)8-11-31-19-14-35(6)23-17(3)21(30)26(38-7)29(5)24(23)28(19,4)25-22(34-29)20-18(33-25)9-12-32-27(20)37;1-2/h14,17,31,33-34,36H,8-13H2,1-7H3,(H,32,37);1-2H/b16-15+;. The second-order valence-corrected chi connectivity index (χ2v) is 11.3. The number of aliphatic hydroxyl groups is 1. The zero-order chi connectivity index (χ0) is 29.6. The van der Waals surface area contributed by atoms with Crippen LogP contribution in [0.4, 0.5) is 10.1 Å². The fourth-order valence-electron chi connectivity index (χ4n) is 6.92. The highest BCUT2D eigenvalue weighted by molar-refractivity contribution is 6.04. The maximum absolute atomic E-state index is 15.9. The van der Waals surface area contributed by atoms with E-state index >= 15 is 4.39 Å². The Morgan fingerprint density at radius 1 is 1.27 bits per heavy atom. The Labute approximate surface area is 236 Å². The van der Waals surface area contributed by atoms with Crippen LogP contribution in [0.15, 0.2) is 45.9 Å². The van der Waals surface area contributed by atoms with Gasteiger partial charge in [-0.1, -0.05) is 18.1 Å². The van der Waals surface area contributed by atoms with Crippen LogP contribution in [0.5, 0.6) is 0 Å². The first-order chi connectivity index (χ1) is 19.0. The van der Waals surface area contributed by atoms with Gasteiger partial charge < -0.3 is 35.7 Å². The van der Waals surface area contributed by atoms with Crippen molar-refractivity contribution in [1.82, 2.24) is 20.5 Å². The third-order valence-electron chi connectivity index (χ3n) is 9.03. The molecule has 5 rings (SSSR count). The number of carbonyl (C=O) groups is 1. The van der Waals surface area contributed by atoms with Crippen molar-refractivity contribution in [3.8, 4) is 12.8 Å². The summed E-state index contributed by atoms with van der Waals surface area (Å²) in [6, 6.07) is 0. The molecule has 1 aliphatic carbocycles. The SMILES string of the molecule is C#C.COC1=C(F)C(C)C2=C3C1(C)Nc1c([nH]c4c1C(=O)NCC4)C3(C)C(NCC/C(C)=C(\C)CCO)=CN2C. The van der Waals surface area contributed by atoms with Gasteiger partial charge in [0.1, 0.15) is 11.4 Å². The van der Waals surface area contributed by atoms with E-state index < -0.39 is 16.9 Å². The highest BCUT2D eigenvalue weighted by Gasteiger charge is 2.60. The van der Waals surface area contributed by atoms with Crippen LogP contribution < -0.4 is 16.0 Å². The third kappa shape index (κ3) is 4.12. The largest absolute Gasteiger partial charge is 0.496 e. The van der Waals surface area contributed by atoms with Crippen molar-refractivity contribution in [2.45, 2.75) is 64.8 Å². The lowest BCUT2D eigenvalue weighted by molar-refractivity contribution is 0.0946. The number of rotatable bonds is 7. The van der Waals surface area contributed by atoms with Gasteiger partial charge in [0.05, 0.1) is 35.4 Å². The van der Waals surface area contributed by atoms with E-state index in [9.17, 15) is 9.90 Å². The smallest absolute Gasteiger partial charge is 0.255 e. The molecule has 0 fully saturated rings. The Hall–Kier alpha value is -3.64. The molecule has 4 heterocycles. The Kier molecular flexibility index (Phi) is 7.88. The quantitative estimate of drug-likeness (QED) is 0.257. The third-order valence-corrected chi connectivity index (χ3v) is 9.03. The van der Waals surface area contributed by atoms with Crippen LogP contribution in [-0.4, -0.2) is 60.3 Å². The van der Waals surface area contributed by atoms with E-state index in [0.717, 1.165) is 34.8 Å². The number of allylic oxidation sites excluding steroid dienone is 2. The predicted molar refractivity (Wildman–Crippen MR) is 156 cm³/mol. The van der Waals surface area contributed by atoms with Crippen molar-refractivity contribution in [3.05, 3.63) is 62.9 Å². The van der Waals surface area contributed by atoms with E-state index in [0.29, 0.717) is 37.2 Å². The molecule has 1 aromatic heterocycles. The number of terminal acetylenes is 1. The first kappa shape index (κ1) is 29.3. The monoisotopic (exact) mass is 551 g/mol. The zero-order valence-corrected chi connectivity index (χ0v) is 24.6. The van der Waals surface area contributed by atoms with E-state index in [1.807, 2.05) is 25.8 Å². The number of halogens is 1. The number of fused-ring (bicyclic) bond motifs is 4. The zero-order valence-electron chi connectivity index (χ0n) is 24.6. The van der Waals surface area contributed by atoms with Gasteiger partial charge in [-0.05, 0) is 40.5 Å². The fraction of sp³-hybridized carbons (Fsp3) is 0.516. The topological polar surface area (TPSA) is 102 Å². The molecule has 0 aromatic carbocycles. The minimum atomic E-state index is -1.00. The molecule has 0 bridgehead atoms. The lowest BCUT2D eigenvalue weighted by Gasteiger charge is -2.55. The van der Waals surface area contributed by atoms with Gasteiger partial charge in [0.25, 0.3) is 5.91 Å². The van der Waals surface area contributed by atoms with Crippen LogP contribution in [0.2, 0.25) is 0 Å². The molecule has 8 nitrogen and oxygen atoms in total. The highest BCUT2D eigenvalue weighted by Crippen LogP contribution is 2.60. The van der Waals surface area contributed by atoms with Crippen molar-refractivity contribution in [2.75, 3.05) is 39.2 Å². The molecular weight excluding hydrogens is 509 g/mol. The van der Waals surface area contributed by atoms with Crippen LogP contribution >= 0.6 is 0 Å². The molecule has 216 valence electrons. The number of nitrogens with one attached hydrogen (secondary N) is 4. The molecule has 0 saturated heterocycles. The summed E-state index contributed by atoms with van der Waals surface area (Å²) >= 11 is 0. The number of H-pyrrole nitrogens is 1. The Morgan fingerprint density at radius 2 is 1.95 bits per heavy atom. The summed E-state index contributed by atoms with van der Waals surface area (Å²) in [5, 5.41) is 19.6. The summed E-state index contributed by atoms with van der Waals surface area (Å²) < 4.78 is 21.7. The maximum atomic E-state index is 15.9. The number of methoxy groups -OCH3 is 1. The highest BCUT2D eigenvalue weighted by atomic mass is 19.1. The summed E-state index contributed by atoms with van der Waals surface area (Å²) in [7, 11) is 3.47. The minimum absolute atomic E-state index is 0.129. The summed E-state index contributed by atoms with van der Waals surface area (Å²) in [4.78, 5) is 18.7. The number of anilines is 1. The van der Waals surface area contributed by atoms with Gasteiger partial charge in [-0.15, -0.1) is 12.8 Å². The molecule has 5 N–H and O–H groups in total. The predicted octanol–water partition coefficient (Wildman–Crippen LogP) is 4.21. The van der Waals surface area contributed by atoms with Crippen molar-refractivity contribution >= 4 is 11.6 Å². The van der Waals surface area contributed by atoms with E-state index in [2.05, 4.69) is 60.8 Å². The lowest BCUT2D eigenvalue weighted by atomic mass is 9.59. The minimum Gasteiger partial charge on any atom is -0.496 e. The van der Waals surface area contributed by atoms with Crippen molar-refractivity contribution in [1.29, 1.82) is 0 Å².